The van der Waals surface area contributed by atoms with Gasteiger partial charge in [-0.05, 0) is 61.9 Å². The van der Waals surface area contributed by atoms with Crippen LogP contribution in [0.5, 0.6) is 28.7 Å². The Hall–Kier alpha value is -2.31. The van der Waals surface area contributed by atoms with Crippen molar-refractivity contribution in [3.05, 3.63) is 41.5 Å². The van der Waals surface area contributed by atoms with E-state index in [2.05, 4.69) is 11.8 Å². The van der Waals surface area contributed by atoms with Gasteiger partial charge in [-0.25, -0.2) is 0 Å². The van der Waals surface area contributed by atoms with Crippen molar-refractivity contribution in [1.82, 2.24) is 4.90 Å². The molecule has 1 aliphatic carbocycles. The van der Waals surface area contributed by atoms with Gasteiger partial charge in [-0.3, -0.25) is 4.90 Å². The van der Waals surface area contributed by atoms with Gasteiger partial charge in [0.2, 0.25) is 5.75 Å². The maximum atomic E-state index is 10.3. The van der Waals surface area contributed by atoms with Crippen LogP contribution in [-0.2, 0) is 6.42 Å². The number of methoxy groups -OCH3 is 2. The number of fused-ring (bicyclic) bond motifs is 1. The quantitative estimate of drug-likeness (QED) is 0.508. The SMILES string of the molecule is CCCN(CCOc1c(OC)cccc1OC)CC1CCCc2c1ccc(O)c2O.Cl. The fourth-order valence-electron chi connectivity index (χ4n) is 4.31. The van der Waals surface area contributed by atoms with Crippen LogP contribution in [0.4, 0.5) is 0 Å². The number of para-hydroxylation sites is 1. The summed E-state index contributed by atoms with van der Waals surface area (Å²) in [6.45, 7) is 5.36. The molecule has 31 heavy (non-hydrogen) atoms. The van der Waals surface area contributed by atoms with Crippen LogP contribution in [0.1, 0.15) is 43.2 Å². The van der Waals surface area contributed by atoms with E-state index in [1.165, 1.54) is 0 Å². The number of aromatic hydroxyl groups is 2. The zero-order valence-electron chi connectivity index (χ0n) is 18.6. The first kappa shape index (κ1) is 25.0. The molecule has 1 aliphatic rings. The van der Waals surface area contributed by atoms with Gasteiger partial charge in [0, 0.05) is 18.7 Å². The van der Waals surface area contributed by atoms with Crippen molar-refractivity contribution < 1.29 is 24.4 Å². The summed E-state index contributed by atoms with van der Waals surface area (Å²) < 4.78 is 16.9. The van der Waals surface area contributed by atoms with Crippen LogP contribution in [0, 0.1) is 0 Å². The number of phenolic OH excluding ortho intramolecular Hbond substituents is 2. The molecule has 2 N–H and O–H groups in total. The van der Waals surface area contributed by atoms with Gasteiger partial charge in [0.15, 0.2) is 23.0 Å². The van der Waals surface area contributed by atoms with Gasteiger partial charge in [-0.1, -0.05) is 19.1 Å². The molecule has 3 rings (SSSR count). The second kappa shape index (κ2) is 11.9. The van der Waals surface area contributed by atoms with Crippen LogP contribution in [-0.4, -0.2) is 55.6 Å². The summed E-state index contributed by atoms with van der Waals surface area (Å²) in [5.41, 5.74) is 2.06. The molecule has 7 heteroatoms. The Morgan fingerprint density at radius 2 is 1.74 bits per heavy atom. The van der Waals surface area contributed by atoms with Crippen molar-refractivity contribution in [1.29, 1.82) is 0 Å². The number of phenols is 2. The lowest BCUT2D eigenvalue weighted by molar-refractivity contribution is 0.188. The normalized spacial score (nSPS) is 15.2. The van der Waals surface area contributed by atoms with E-state index in [-0.39, 0.29) is 23.9 Å². The first-order valence-electron chi connectivity index (χ1n) is 10.7. The largest absolute Gasteiger partial charge is 0.504 e. The smallest absolute Gasteiger partial charge is 0.203 e. The second-order valence-electron chi connectivity index (χ2n) is 7.73. The van der Waals surface area contributed by atoms with Crippen molar-refractivity contribution in [2.24, 2.45) is 0 Å². The van der Waals surface area contributed by atoms with E-state index in [0.29, 0.717) is 29.8 Å². The number of benzene rings is 2. The highest BCUT2D eigenvalue weighted by molar-refractivity contribution is 5.85. The van der Waals surface area contributed by atoms with Gasteiger partial charge in [0.1, 0.15) is 6.61 Å². The molecule has 0 amide bonds. The molecule has 2 aromatic rings. The summed E-state index contributed by atoms with van der Waals surface area (Å²) in [7, 11) is 3.25. The topological polar surface area (TPSA) is 71.4 Å². The summed E-state index contributed by atoms with van der Waals surface area (Å²) in [6, 6.07) is 9.18. The third-order valence-electron chi connectivity index (χ3n) is 5.77. The van der Waals surface area contributed by atoms with Crippen molar-refractivity contribution in [3.8, 4) is 28.7 Å². The lowest BCUT2D eigenvalue weighted by Crippen LogP contribution is -2.34. The highest BCUT2D eigenvalue weighted by atomic mass is 35.5. The molecule has 0 radical (unpaired) electrons. The van der Waals surface area contributed by atoms with Gasteiger partial charge >= 0.3 is 0 Å². The molecule has 0 aliphatic heterocycles. The average Bonchev–Trinajstić information content (AvgIpc) is 2.76. The predicted molar refractivity (Wildman–Crippen MR) is 124 cm³/mol. The summed E-state index contributed by atoms with van der Waals surface area (Å²) in [5, 5.41) is 20.1. The van der Waals surface area contributed by atoms with Crippen LogP contribution >= 0.6 is 12.4 Å². The van der Waals surface area contributed by atoms with E-state index >= 15 is 0 Å². The third kappa shape index (κ3) is 5.89. The maximum absolute atomic E-state index is 10.3. The van der Waals surface area contributed by atoms with E-state index in [0.717, 1.165) is 56.4 Å². The molecular weight excluding hydrogens is 418 g/mol. The van der Waals surface area contributed by atoms with Crippen molar-refractivity contribution >= 4 is 12.4 Å². The summed E-state index contributed by atoms with van der Waals surface area (Å²) in [5.74, 6) is 2.31. The third-order valence-corrected chi connectivity index (χ3v) is 5.77. The predicted octanol–water partition coefficient (Wildman–Crippen LogP) is 4.75. The number of nitrogens with zero attached hydrogens (tertiary/aromatic N) is 1. The Morgan fingerprint density at radius 1 is 1.03 bits per heavy atom. The molecule has 2 aromatic carbocycles. The summed E-state index contributed by atoms with van der Waals surface area (Å²) >= 11 is 0. The Morgan fingerprint density at radius 3 is 2.39 bits per heavy atom. The van der Waals surface area contributed by atoms with Crippen molar-refractivity contribution in [2.45, 2.75) is 38.5 Å². The van der Waals surface area contributed by atoms with E-state index < -0.39 is 0 Å². The minimum atomic E-state index is -0.0287. The number of ether oxygens (including phenoxy) is 3. The fraction of sp³-hybridized carbons (Fsp3) is 0.500. The number of hydrogen-bond donors (Lipinski definition) is 2. The Bertz CT molecular complexity index is 823. The van der Waals surface area contributed by atoms with Crippen LogP contribution in [0.15, 0.2) is 30.3 Å². The van der Waals surface area contributed by atoms with E-state index in [1.807, 2.05) is 24.3 Å². The zero-order valence-corrected chi connectivity index (χ0v) is 19.4. The molecule has 172 valence electrons. The van der Waals surface area contributed by atoms with Crippen LogP contribution in [0.2, 0.25) is 0 Å². The Balaban J connectivity index is 0.00000341. The average molecular weight is 452 g/mol. The highest BCUT2D eigenvalue weighted by Crippen LogP contribution is 2.41. The van der Waals surface area contributed by atoms with Gasteiger partial charge in [-0.15, -0.1) is 12.4 Å². The van der Waals surface area contributed by atoms with Crippen molar-refractivity contribution in [2.75, 3.05) is 40.5 Å². The second-order valence-corrected chi connectivity index (χ2v) is 7.73. The molecule has 1 unspecified atom stereocenters. The summed E-state index contributed by atoms with van der Waals surface area (Å²) in [6.07, 6.45) is 3.97. The minimum absolute atomic E-state index is 0. The molecule has 0 saturated heterocycles. The van der Waals surface area contributed by atoms with Crippen molar-refractivity contribution in [3.63, 3.8) is 0 Å². The standard InChI is InChI=1S/C24H33NO5.ClH/c1-4-13-25(14-15-30-24-21(28-2)9-6-10-22(24)29-3)16-17-7-5-8-19-18(17)11-12-20(26)23(19)27;/h6,9-12,17,26-27H,4-5,7-8,13-16H2,1-3H3;1H. The Kier molecular flexibility index (Phi) is 9.59. The number of hydrogen-bond acceptors (Lipinski definition) is 6. The van der Waals surface area contributed by atoms with Crippen LogP contribution < -0.4 is 14.2 Å². The van der Waals surface area contributed by atoms with Gasteiger partial charge < -0.3 is 24.4 Å². The van der Waals surface area contributed by atoms with E-state index in [9.17, 15) is 10.2 Å². The van der Waals surface area contributed by atoms with Gasteiger partial charge in [0.25, 0.3) is 0 Å². The van der Waals surface area contributed by atoms with Gasteiger partial charge in [0.05, 0.1) is 14.2 Å². The Labute approximate surface area is 191 Å². The lowest BCUT2D eigenvalue weighted by Gasteiger charge is -2.31. The molecule has 0 bridgehead atoms. The lowest BCUT2D eigenvalue weighted by atomic mass is 9.82. The summed E-state index contributed by atoms with van der Waals surface area (Å²) in [4.78, 5) is 2.41. The molecule has 1 atom stereocenters. The molecule has 0 aromatic heterocycles. The first-order valence-corrected chi connectivity index (χ1v) is 10.7. The minimum Gasteiger partial charge on any atom is -0.504 e. The molecule has 0 spiro atoms. The molecular formula is C24H34ClNO5. The number of rotatable bonds is 10. The monoisotopic (exact) mass is 451 g/mol. The molecule has 0 saturated carbocycles. The van der Waals surface area contributed by atoms with E-state index in [1.54, 1.807) is 20.3 Å². The number of halogens is 1. The first-order chi connectivity index (χ1) is 14.6. The van der Waals surface area contributed by atoms with E-state index in [4.69, 9.17) is 14.2 Å². The molecule has 6 nitrogen and oxygen atoms in total. The molecule has 0 heterocycles. The highest BCUT2D eigenvalue weighted by Gasteiger charge is 2.25. The van der Waals surface area contributed by atoms with Crippen LogP contribution in [0.3, 0.4) is 0 Å². The van der Waals surface area contributed by atoms with Crippen LogP contribution in [0.25, 0.3) is 0 Å². The maximum Gasteiger partial charge on any atom is 0.203 e. The molecule has 0 fully saturated rings. The fourth-order valence-corrected chi connectivity index (χ4v) is 4.31. The zero-order chi connectivity index (χ0) is 21.5. The van der Waals surface area contributed by atoms with Gasteiger partial charge in [-0.2, -0.15) is 0 Å².